The largest absolute Gasteiger partial charge is 0.417 e. The van der Waals surface area contributed by atoms with Crippen LogP contribution in [0.3, 0.4) is 0 Å². The summed E-state index contributed by atoms with van der Waals surface area (Å²) < 4.78 is 60.0. The maximum atomic E-state index is 12.1. The summed E-state index contributed by atoms with van der Waals surface area (Å²) in [6.45, 7) is 0. The maximum absolute atomic E-state index is 12.1. The van der Waals surface area contributed by atoms with Gasteiger partial charge in [-0.15, -0.1) is 0 Å². The number of ketones is 1. The van der Waals surface area contributed by atoms with Gasteiger partial charge in [0.25, 0.3) is 0 Å². The molecule has 82 valence electrons. The van der Waals surface area contributed by atoms with E-state index in [-0.39, 0.29) is 0 Å². The predicted octanol–water partition coefficient (Wildman–Crippen LogP) is 2.55. The smallest absolute Gasteiger partial charge is 0.288 e. The van der Waals surface area contributed by atoms with Gasteiger partial charge in [-0.2, -0.15) is 13.2 Å². The fourth-order valence-electron chi connectivity index (χ4n) is 0.856. The molecular weight excluding hydrogens is 221 g/mol. The number of alkyl halides is 5. The Morgan fingerprint density at radius 1 is 1.27 bits per heavy atom. The van der Waals surface area contributed by atoms with Gasteiger partial charge >= 0.3 is 12.6 Å². The van der Waals surface area contributed by atoms with Gasteiger partial charge in [0.15, 0.2) is 0 Å². The van der Waals surface area contributed by atoms with Crippen LogP contribution in [0.15, 0.2) is 18.5 Å². The normalized spacial score (nSPS) is 11.9. The van der Waals surface area contributed by atoms with E-state index in [1.807, 2.05) is 0 Å². The number of nitrogens with zero attached hydrogens (tertiary/aromatic N) is 1. The Morgan fingerprint density at radius 3 is 2.33 bits per heavy atom. The average molecular weight is 225 g/mol. The zero-order valence-corrected chi connectivity index (χ0v) is 7.05. The standard InChI is InChI=1S/C8H4F5NO/c9-7(10)6(15)4-1-5(3-14-2-4)8(11,12)13/h1-3,7H. The summed E-state index contributed by atoms with van der Waals surface area (Å²) in [4.78, 5) is 13.7. The van der Waals surface area contributed by atoms with Crippen LogP contribution in [0.2, 0.25) is 0 Å². The lowest BCUT2D eigenvalue weighted by atomic mass is 10.1. The van der Waals surface area contributed by atoms with Crippen molar-refractivity contribution in [3.05, 3.63) is 29.6 Å². The third kappa shape index (κ3) is 2.71. The molecule has 1 aromatic heterocycles. The van der Waals surface area contributed by atoms with Crippen LogP contribution in [0.5, 0.6) is 0 Å². The van der Waals surface area contributed by atoms with E-state index in [2.05, 4.69) is 4.98 Å². The summed E-state index contributed by atoms with van der Waals surface area (Å²) in [6, 6.07) is 0.349. The first-order chi connectivity index (χ1) is 6.82. The summed E-state index contributed by atoms with van der Waals surface area (Å²) in [5, 5.41) is 0. The summed E-state index contributed by atoms with van der Waals surface area (Å²) in [5.74, 6) is -1.67. The maximum Gasteiger partial charge on any atom is 0.417 e. The van der Waals surface area contributed by atoms with Crippen LogP contribution in [0, 0.1) is 0 Å². The number of pyridine rings is 1. The molecule has 0 fully saturated rings. The average Bonchev–Trinajstić information content (AvgIpc) is 2.15. The van der Waals surface area contributed by atoms with E-state index in [4.69, 9.17) is 0 Å². The Labute approximate surface area is 80.7 Å². The molecule has 0 aliphatic carbocycles. The van der Waals surface area contributed by atoms with E-state index < -0.39 is 29.5 Å². The molecule has 0 N–H and O–H groups in total. The van der Waals surface area contributed by atoms with Crippen molar-refractivity contribution in [2.24, 2.45) is 0 Å². The van der Waals surface area contributed by atoms with E-state index >= 15 is 0 Å². The Kier molecular flexibility index (Phi) is 3.01. The number of Topliss-reactive ketones (excluding diaryl/α,β-unsaturated/α-hetero) is 1. The Morgan fingerprint density at radius 2 is 1.87 bits per heavy atom. The number of rotatable bonds is 2. The first-order valence-corrected chi connectivity index (χ1v) is 3.67. The molecule has 0 bridgehead atoms. The highest BCUT2D eigenvalue weighted by atomic mass is 19.4. The predicted molar refractivity (Wildman–Crippen MR) is 39.6 cm³/mol. The van der Waals surface area contributed by atoms with Crippen LogP contribution in [0.4, 0.5) is 22.0 Å². The number of carbonyl (C=O) groups excluding carboxylic acids is 1. The monoisotopic (exact) mass is 225 g/mol. The first kappa shape index (κ1) is 11.5. The molecule has 0 spiro atoms. The lowest BCUT2D eigenvalue weighted by Gasteiger charge is -2.06. The van der Waals surface area contributed by atoms with Crippen molar-refractivity contribution >= 4 is 5.78 Å². The zero-order valence-electron chi connectivity index (χ0n) is 7.05. The molecule has 0 amide bonds. The highest BCUT2D eigenvalue weighted by Gasteiger charge is 2.32. The second kappa shape index (κ2) is 3.92. The number of carbonyl (C=O) groups is 1. The van der Waals surface area contributed by atoms with Gasteiger partial charge in [-0.3, -0.25) is 9.78 Å². The molecule has 0 aliphatic heterocycles. The highest BCUT2D eigenvalue weighted by Crippen LogP contribution is 2.29. The SMILES string of the molecule is O=C(c1cncc(C(F)(F)F)c1)C(F)F. The van der Waals surface area contributed by atoms with Crippen LogP contribution < -0.4 is 0 Å². The van der Waals surface area contributed by atoms with Gasteiger partial charge in [0.1, 0.15) is 0 Å². The van der Waals surface area contributed by atoms with Gasteiger partial charge in [-0.1, -0.05) is 0 Å². The van der Waals surface area contributed by atoms with E-state index in [9.17, 15) is 26.7 Å². The molecule has 1 aromatic rings. The molecule has 0 aliphatic rings. The van der Waals surface area contributed by atoms with E-state index in [1.165, 1.54) is 0 Å². The summed E-state index contributed by atoms with van der Waals surface area (Å²) in [5.41, 5.74) is -1.98. The molecule has 0 aromatic carbocycles. The molecule has 0 saturated heterocycles. The van der Waals surface area contributed by atoms with Crippen molar-refractivity contribution in [2.75, 3.05) is 0 Å². The van der Waals surface area contributed by atoms with Gasteiger partial charge in [-0.05, 0) is 6.07 Å². The summed E-state index contributed by atoms with van der Waals surface area (Å²) >= 11 is 0. The first-order valence-electron chi connectivity index (χ1n) is 3.67. The fraction of sp³-hybridized carbons (Fsp3) is 0.250. The highest BCUT2D eigenvalue weighted by molar-refractivity contribution is 5.98. The number of halogens is 5. The molecule has 1 heterocycles. The molecule has 0 atom stereocenters. The third-order valence-electron chi connectivity index (χ3n) is 1.55. The minimum Gasteiger partial charge on any atom is -0.288 e. The quantitative estimate of drug-likeness (QED) is 0.571. The van der Waals surface area contributed by atoms with Crippen molar-refractivity contribution < 1.29 is 26.7 Å². The molecule has 2 nitrogen and oxygen atoms in total. The minimum absolute atomic E-state index is 0.349. The Hall–Kier alpha value is -1.53. The van der Waals surface area contributed by atoms with Gasteiger partial charge in [0.05, 0.1) is 5.56 Å². The van der Waals surface area contributed by atoms with E-state index in [1.54, 1.807) is 0 Å². The van der Waals surface area contributed by atoms with Gasteiger partial charge < -0.3 is 0 Å². The second-order valence-electron chi connectivity index (χ2n) is 2.62. The lowest BCUT2D eigenvalue weighted by Crippen LogP contribution is -2.13. The van der Waals surface area contributed by atoms with Crippen LogP contribution >= 0.6 is 0 Å². The van der Waals surface area contributed by atoms with Crippen molar-refractivity contribution in [1.29, 1.82) is 0 Å². The van der Waals surface area contributed by atoms with Crippen molar-refractivity contribution in [3.63, 3.8) is 0 Å². The van der Waals surface area contributed by atoms with Crippen LogP contribution in [-0.2, 0) is 6.18 Å². The molecule has 0 unspecified atom stereocenters. The third-order valence-corrected chi connectivity index (χ3v) is 1.55. The second-order valence-corrected chi connectivity index (χ2v) is 2.62. The summed E-state index contributed by atoms with van der Waals surface area (Å²) in [6.07, 6.45) is -6.91. The van der Waals surface area contributed by atoms with Crippen molar-refractivity contribution in [1.82, 2.24) is 4.98 Å². The Balaban J connectivity index is 3.09. The van der Waals surface area contributed by atoms with Crippen LogP contribution in [-0.4, -0.2) is 17.2 Å². The van der Waals surface area contributed by atoms with E-state index in [0.717, 1.165) is 0 Å². The summed E-state index contributed by atoms with van der Waals surface area (Å²) in [7, 11) is 0. The number of hydrogen-bond donors (Lipinski definition) is 0. The van der Waals surface area contributed by atoms with Gasteiger partial charge in [0, 0.05) is 18.0 Å². The lowest BCUT2D eigenvalue weighted by molar-refractivity contribution is -0.137. The van der Waals surface area contributed by atoms with Gasteiger partial charge in [-0.25, -0.2) is 8.78 Å². The van der Waals surface area contributed by atoms with Crippen molar-refractivity contribution in [3.8, 4) is 0 Å². The molecule has 0 radical (unpaired) electrons. The minimum atomic E-state index is -4.70. The fourth-order valence-corrected chi connectivity index (χ4v) is 0.856. The molecule has 7 heteroatoms. The van der Waals surface area contributed by atoms with E-state index in [0.29, 0.717) is 18.5 Å². The van der Waals surface area contributed by atoms with Gasteiger partial charge in [0.2, 0.25) is 5.78 Å². The van der Waals surface area contributed by atoms with Crippen molar-refractivity contribution in [2.45, 2.75) is 12.6 Å². The topological polar surface area (TPSA) is 30.0 Å². The number of hydrogen-bond acceptors (Lipinski definition) is 2. The zero-order chi connectivity index (χ0) is 11.6. The van der Waals surface area contributed by atoms with Crippen LogP contribution in [0.1, 0.15) is 15.9 Å². The van der Waals surface area contributed by atoms with Crippen LogP contribution in [0.25, 0.3) is 0 Å². The molecule has 15 heavy (non-hydrogen) atoms. The molecule has 0 saturated carbocycles. The molecule has 1 rings (SSSR count). The number of aromatic nitrogens is 1. The molecular formula is C8H4F5NO. The Bertz CT molecular complexity index is 374.